The van der Waals surface area contributed by atoms with Gasteiger partial charge in [-0.2, -0.15) is 4.31 Å². The molecule has 112 valence electrons. The van der Waals surface area contributed by atoms with Crippen LogP contribution >= 0.6 is 31.9 Å². The number of benzene rings is 1. The van der Waals surface area contributed by atoms with Crippen molar-refractivity contribution in [1.82, 2.24) is 4.31 Å². The number of hydrogen-bond acceptors (Lipinski definition) is 3. The van der Waals surface area contributed by atoms with Crippen LogP contribution in [0.25, 0.3) is 0 Å². The molecule has 0 aliphatic carbocycles. The van der Waals surface area contributed by atoms with Crippen LogP contribution in [0.15, 0.2) is 26.0 Å². The van der Waals surface area contributed by atoms with Crippen LogP contribution in [0.1, 0.15) is 18.4 Å². The van der Waals surface area contributed by atoms with Gasteiger partial charge in [0, 0.05) is 29.1 Å². The van der Waals surface area contributed by atoms with E-state index in [1.54, 1.807) is 13.2 Å². The van der Waals surface area contributed by atoms with Crippen molar-refractivity contribution in [3.05, 3.63) is 26.6 Å². The van der Waals surface area contributed by atoms with Gasteiger partial charge in [-0.25, -0.2) is 8.42 Å². The molecule has 1 aliphatic rings. The van der Waals surface area contributed by atoms with Gasteiger partial charge in [0.2, 0.25) is 10.0 Å². The third-order valence-corrected chi connectivity index (χ3v) is 7.18. The summed E-state index contributed by atoms with van der Waals surface area (Å²) in [4.78, 5) is 0.298. The van der Waals surface area contributed by atoms with Gasteiger partial charge in [-0.1, -0.05) is 15.9 Å². The van der Waals surface area contributed by atoms with E-state index in [0.29, 0.717) is 22.5 Å². The first kappa shape index (κ1) is 16.4. The van der Waals surface area contributed by atoms with Crippen LogP contribution in [-0.2, 0) is 14.8 Å². The molecule has 4 nitrogen and oxygen atoms in total. The predicted octanol–water partition coefficient (Wildman–Crippen LogP) is 3.32. The zero-order valence-corrected chi connectivity index (χ0v) is 15.4. The first-order chi connectivity index (χ1) is 9.36. The molecule has 7 heteroatoms. The predicted molar refractivity (Wildman–Crippen MR) is 85.4 cm³/mol. The van der Waals surface area contributed by atoms with Crippen LogP contribution < -0.4 is 0 Å². The molecule has 0 radical (unpaired) electrons. The number of methoxy groups -OCH3 is 1. The molecule has 0 aromatic heterocycles. The lowest BCUT2D eigenvalue weighted by Crippen LogP contribution is -2.42. The van der Waals surface area contributed by atoms with Crippen molar-refractivity contribution in [1.29, 1.82) is 0 Å². The van der Waals surface area contributed by atoms with Gasteiger partial charge in [0.05, 0.1) is 11.0 Å². The minimum absolute atomic E-state index is 0.0220. The summed E-state index contributed by atoms with van der Waals surface area (Å²) in [6.45, 7) is 2.88. The van der Waals surface area contributed by atoms with Gasteiger partial charge in [0.1, 0.15) is 0 Å². The molecule has 1 aromatic rings. The fourth-order valence-electron chi connectivity index (χ4n) is 2.28. The molecule has 1 fully saturated rings. The molecule has 1 aromatic carbocycles. The summed E-state index contributed by atoms with van der Waals surface area (Å²) in [6.07, 6.45) is 1.70. The van der Waals surface area contributed by atoms with Gasteiger partial charge < -0.3 is 4.74 Å². The summed E-state index contributed by atoms with van der Waals surface area (Å²) in [5.41, 5.74) is 0.990. The number of ether oxygens (including phenoxy) is 1. The highest BCUT2D eigenvalue weighted by atomic mass is 79.9. The maximum Gasteiger partial charge on any atom is 0.244 e. The van der Waals surface area contributed by atoms with Crippen molar-refractivity contribution in [2.45, 2.75) is 30.8 Å². The number of sulfonamides is 1. The van der Waals surface area contributed by atoms with Crippen LogP contribution in [0.5, 0.6) is 0 Å². The monoisotopic (exact) mass is 425 g/mol. The lowest BCUT2D eigenvalue weighted by atomic mass is 10.1. The molecule has 2 rings (SSSR count). The van der Waals surface area contributed by atoms with Gasteiger partial charge in [-0.3, -0.25) is 0 Å². The lowest BCUT2D eigenvalue weighted by Gasteiger charge is -2.31. The molecule has 1 heterocycles. The van der Waals surface area contributed by atoms with Crippen LogP contribution in [0.4, 0.5) is 0 Å². The van der Waals surface area contributed by atoms with E-state index in [0.717, 1.165) is 22.9 Å². The quantitative estimate of drug-likeness (QED) is 0.744. The maximum atomic E-state index is 12.8. The molecule has 1 atom stereocenters. The summed E-state index contributed by atoms with van der Waals surface area (Å²) in [5, 5.41) is 0. The topological polar surface area (TPSA) is 46.6 Å². The van der Waals surface area contributed by atoms with E-state index in [2.05, 4.69) is 31.9 Å². The number of nitrogens with zero attached hydrogens (tertiary/aromatic N) is 1. The highest BCUT2D eigenvalue weighted by Gasteiger charge is 2.31. The van der Waals surface area contributed by atoms with E-state index in [1.807, 2.05) is 13.0 Å². The van der Waals surface area contributed by atoms with Crippen LogP contribution in [-0.4, -0.2) is 39.0 Å². The highest BCUT2D eigenvalue weighted by molar-refractivity contribution is 9.11. The molecule has 1 unspecified atom stereocenters. The van der Waals surface area contributed by atoms with Gasteiger partial charge in [-0.15, -0.1) is 0 Å². The molecular weight excluding hydrogens is 410 g/mol. The Kier molecular flexibility index (Phi) is 5.29. The summed E-state index contributed by atoms with van der Waals surface area (Å²) >= 11 is 6.75. The van der Waals surface area contributed by atoms with Crippen molar-refractivity contribution in [2.75, 3.05) is 20.2 Å². The second kappa shape index (κ2) is 6.44. The summed E-state index contributed by atoms with van der Waals surface area (Å²) in [7, 11) is -1.87. The van der Waals surface area contributed by atoms with Crippen LogP contribution in [0, 0.1) is 6.92 Å². The minimum atomic E-state index is -3.50. The first-order valence-corrected chi connectivity index (χ1v) is 9.37. The number of rotatable bonds is 3. The third kappa shape index (κ3) is 3.27. The molecule has 0 spiro atoms. The number of hydrogen-bond donors (Lipinski definition) is 0. The van der Waals surface area contributed by atoms with Crippen molar-refractivity contribution < 1.29 is 13.2 Å². The van der Waals surface area contributed by atoms with Gasteiger partial charge >= 0.3 is 0 Å². The van der Waals surface area contributed by atoms with E-state index >= 15 is 0 Å². The maximum absolute atomic E-state index is 12.8. The van der Waals surface area contributed by atoms with Crippen molar-refractivity contribution >= 4 is 41.9 Å². The Bertz CT molecular complexity index is 604. The minimum Gasteiger partial charge on any atom is -0.380 e. The SMILES string of the molecule is COC1CCCN(S(=O)(=O)c2cc(Br)c(C)cc2Br)C1. The fourth-order valence-corrected chi connectivity index (χ4v) is 5.43. The number of aryl methyl sites for hydroxylation is 1. The molecule has 0 saturated carbocycles. The summed E-state index contributed by atoms with van der Waals surface area (Å²) in [5.74, 6) is 0. The van der Waals surface area contributed by atoms with Gasteiger partial charge in [0.25, 0.3) is 0 Å². The standard InChI is InChI=1S/C13H17Br2NO3S/c1-9-6-12(15)13(7-11(9)14)20(17,18)16-5-3-4-10(8-16)19-2/h6-7,10H,3-5,8H2,1-2H3. The van der Waals surface area contributed by atoms with E-state index in [-0.39, 0.29) is 6.10 Å². The Balaban J connectivity index is 2.37. The Morgan fingerprint density at radius 2 is 2.00 bits per heavy atom. The molecule has 0 bridgehead atoms. The summed E-state index contributed by atoms with van der Waals surface area (Å²) in [6, 6.07) is 3.47. The molecule has 1 saturated heterocycles. The average Bonchev–Trinajstić information content (AvgIpc) is 2.42. The van der Waals surface area contributed by atoms with E-state index in [4.69, 9.17) is 4.74 Å². The lowest BCUT2D eigenvalue weighted by molar-refractivity contribution is 0.0571. The molecule has 0 amide bonds. The van der Waals surface area contributed by atoms with Crippen molar-refractivity contribution in [2.24, 2.45) is 0 Å². The van der Waals surface area contributed by atoms with Gasteiger partial charge in [0.15, 0.2) is 0 Å². The fraction of sp³-hybridized carbons (Fsp3) is 0.538. The Hall–Kier alpha value is 0.0500. The molecule has 20 heavy (non-hydrogen) atoms. The van der Waals surface area contributed by atoms with Gasteiger partial charge in [-0.05, 0) is 53.4 Å². The Labute approximate surface area is 136 Å². The second-order valence-electron chi connectivity index (χ2n) is 4.89. The number of piperidine rings is 1. The number of halogens is 2. The van der Waals surface area contributed by atoms with Crippen molar-refractivity contribution in [3.8, 4) is 0 Å². The third-order valence-electron chi connectivity index (χ3n) is 3.51. The Morgan fingerprint density at radius 3 is 2.65 bits per heavy atom. The van der Waals surface area contributed by atoms with Crippen LogP contribution in [0.3, 0.4) is 0 Å². The smallest absolute Gasteiger partial charge is 0.244 e. The van der Waals surface area contributed by atoms with E-state index < -0.39 is 10.0 Å². The zero-order chi connectivity index (χ0) is 14.9. The highest BCUT2D eigenvalue weighted by Crippen LogP contribution is 2.32. The zero-order valence-electron chi connectivity index (χ0n) is 11.4. The largest absolute Gasteiger partial charge is 0.380 e. The van der Waals surface area contributed by atoms with E-state index in [9.17, 15) is 8.42 Å². The molecule has 1 aliphatic heterocycles. The summed E-state index contributed by atoms with van der Waals surface area (Å²) < 4.78 is 33.7. The molecular formula is C13H17Br2NO3S. The normalized spacial score (nSPS) is 21.1. The average molecular weight is 427 g/mol. The second-order valence-corrected chi connectivity index (χ2v) is 8.51. The van der Waals surface area contributed by atoms with Crippen LogP contribution in [0.2, 0.25) is 0 Å². The first-order valence-electron chi connectivity index (χ1n) is 6.35. The Morgan fingerprint density at radius 1 is 1.30 bits per heavy atom. The van der Waals surface area contributed by atoms with Crippen molar-refractivity contribution in [3.63, 3.8) is 0 Å². The molecule has 0 N–H and O–H groups in total. The van der Waals surface area contributed by atoms with E-state index in [1.165, 1.54) is 4.31 Å².